The van der Waals surface area contributed by atoms with Crippen molar-refractivity contribution in [2.45, 2.75) is 19.8 Å². The number of methoxy groups -OCH3 is 2. The zero-order valence-corrected chi connectivity index (χ0v) is 10.3. The van der Waals surface area contributed by atoms with E-state index in [1.165, 1.54) is 6.92 Å². The van der Waals surface area contributed by atoms with E-state index < -0.39 is 0 Å². The fourth-order valence-electron chi connectivity index (χ4n) is 1.54. The van der Waals surface area contributed by atoms with E-state index in [2.05, 4.69) is 0 Å². The number of benzene rings is 1. The van der Waals surface area contributed by atoms with Crippen molar-refractivity contribution in [3.63, 3.8) is 0 Å². The highest BCUT2D eigenvalue weighted by molar-refractivity contribution is 5.98. The minimum absolute atomic E-state index is 0.0282. The molecule has 1 rings (SSSR count). The summed E-state index contributed by atoms with van der Waals surface area (Å²) in [4.78, 5) is 22.3. The van der Waals surface area contributed by atoms with Gasteiger partial charge in [0.05, 0.1) is 20.6 Å². The van der Waals surface area contributed by atoms with E-state index in [0.717, 1.165) is 5.56 Å². The first kappa shape index (κ1) is 13.2. The summed E-state index contributed by atoms with van der Waals surface area (Å²) in [6.07, 6.45) is 0.187. The lowest BCUT2D eigenvalue weighted by atomic mass is 10.1. The van der Waals surface area contributed by atoms with Crippen LogP contribution in [0.25, 0.3) is 0 Å². The molecule has 0 amide bonds. The Hall–Kier alpha value is -1.84. The molecule has 1 aromatic carbocycles. The number of rotatable bonds is 6. The third kappa shape index (κ3) is 4.26. The average Bonchev–Trinajstić information content (AvgIpc) is 2.27. The van der Waals surface area contributed by atoms with Gasteiger partial charge in [0.15, 0.2) is 0 Å². The molecule has 0 N–H and O–H groups in total. The van der Waals surface area contributed by atoms with Crippen molar-refractivity contribution >= 4 is 11.6 Å². The molecule has 0 heterocycles. The largest absolute Gasteiger partial charge is 0.497 e. The van der Waals surface area contributed by atoms with E-state index >= 15 is 0 Å². The maximum absolute atomic E-state index is 11.5. The standard InChI is InChI=1S/C13H16O4/c1-9(14)4-11(15)5-10-6-12(16-2)8-13(7-10)17-3/h6-8H,4-5H2,1-3H3. The number of ether oxygens (including phenoxy) is 2. The Bertz CT molecular complexity index is 401. The number of ketones is 2. The van der Waals surface area contributed by atoms with E-state index in [0.29, 0.717) is 11.5 Å². The summed E-state index contributed by atoms with van der Waals surface area (Å²) in [6.45, 7) is 1.41. The number of Topliss-reactive ketones (excluding diaryl/α,β-unsaturated/α-hetero) is 2. The first-order chi connectivity index (χ1) is 8.05. The quantitative estimate of drug-likeness (QED) is 0.707. The second kappa shape index (κ2) is 6.03. The summed E-state index contributed by atoms with van der Waals surface area (Å²) in [5.74, 6) is 1.04. The highest BCUT2D eigenvalue weighted by atomic mass is 16.5. The summed E-state index contributed by atoms with van der Waals surface area (Å²) >= 11 is 0. The van der Waals surface area contributed by atoms with Gasteiger partial charge in [-0.1, -0.05) is 0 Å². The number of hydrogen-bond donors (Lipinski definition) is 0. The molecule has 0 aliphatic carbocycles. The third-order valence-corrected chi connectivity index (χ3v) is 2.26. The fourth-order valence-corrected chi connectivity index (χ4v) is 1.54. The molecule has 0 aliphatic heterocycles. The van der Waals surface area contributed by atoms with Crippen molar-refractivity contribution in [1.29, 1.82) is 0 Å². The molecule has 92 valence electrons. The van der Waals surface area contributed by atoms with E-state index in [-0.39, 0.29) is 24.4 Å². The SMILES string of the molecule is COc1cc(CC(=O)CC(C)=O)cc(OC)c1. The van der Waals surface area contributed by atoms with Crippen LogP contribution in [0.15, 0.2) is 18.2 Å². The molecule has 1 aromatic rings. The molecule has 0 aliphatic rings. The highest BCUT2D eigenvalue weighted by Crippen LogP contribution is 2.23. The lowest BCUT2D eigenvalue weighted by molar-refractivity contribution is -0.125. The van der Waals surface area contributed by atoms with Gasteiger partial charge in [0.1, 0.15) is 23.1 Å². The molecule has 0 radical (unpaired) electrons. The van der Waals surface area contributed by atoms with Crippen molar-refractivity contribution < 1.29 is 19.1 Å². The zero-order valence-electron chi connectivity index (χ0n) is 10.3. The molecule has 0 unspecified atom stereocenters. The zero-order chi connectivity index (χ0) is 12.8. The lowest BCUT2D eigenvalue weighted by Crippen LogP contribution is -2.07. The Morgan fingerprint density at radius 3 is 2.00 bits per heavy atom. The van der Waals surface area contributed by atoms with Crippen LogP contribution in [0.5, 0.6) is 11.5 Å². The second-order valence-corrected chi connectivity index (χ2v) is 3.82. The Morgan fingerprint density at radius 2 is 1.59 bits per heavy atom. The van der Waals surface area contributed by atoms with Gasteiger partial charge in [-0.05, 0) is 24.6 Å². The second-order valence-electron chi connectivity index (χ2n) is 3.82. The highest BCUT2D eigenvalue weighted by Gasteiger charge is 2.09. The maximum atomic E-state index is 11.5. The van der Waals surface area contributed by atoms with Crippen molar-refractivity contribution in [3.05, 3.63) is 23.8 Å². The predicted molar refractivity (Wildman–Crippen MR) is 63.6 cm³/mol. The van der Waals surface area contributed by atoms with Crippen molar-refractivity contribution in [2.24, 2.45) is 0 Å². The summed E-state index contributed by atoms with van der Waals surface area (Å²) in [7, 11) is 3.10. The average molecular weight is 236 g/mol. The van der Waals surface area contributed by atoms with Gasteiger partial charge in [-0.3, -0.25) is 9.59 Å². The smallest absolute Gasteiger partial charge is 0.144 e. The van der Waals surface area contributed by atoms with Crippen LogP contribution in [0.3, 0.4) is 0 Å². The molecule has 0 saturated heterocycles. The Morgan fingerprint density at radius 1 is 1.06 bits per heavy atom. The van der Waals surface area contributed by atoms with Gasteiger partial charge < -0.3 is 9.47 Å². The minimum atomic E-state index is -0.120. The molecule has 0 saturated carbocycles. The van der Waals surface area contributed by atoms with Gasteiger partial charge >= 0.3 is 0 Å². The van der Waals surface area contributed by atoms with Gasteiger partial charge in [0.2, 0.25) is 0 Å². The van der Waals surface area contributed by atoms with Gasteiger partial charge in [-0.15, -0.1) is 0 Å². The topological polar surface area (TPSA) is 52.6 Å². The van der Waals surface area contributed by atoms with Crippen LogP contribution < -0.4 is 9.47 Å². The molecule has 4 nitrogen and oxygen atoms in total. The third-order valence-electron chi connectivity index (χ3n) is 2.26. The van der Waals surface area contributed by atoms with Gasteiger partial charge in [-0.2, -0.15) is 0 Å². The number of hydrogen-bond acceptors (Lipinski definition) is 4. The van der Waals surface area contributed by atoms with E-state index in [1.807, 2.05) is 0 Å². The Balaban J connectivity index is 2.82. The van der Waals surface area contributed by atoms with Gasteiger partial charge in [0, 0.05) is 12.5 Å². The van der Waals surface area contributed by atoms with E-state index in [4.69, 9.17) is 9.47 Å². The minimum Gasteiger partial charge on any atom is -0.497 e. The summed E-state index contributed by atoms with van der Waals surface area (Å²) in [5, 5.41) is 0. The molecular formula is C13H16O4. The molecule has 0 bridgehead atoms. The first-order valence-corrected chi connectivity index (χ1v) is 5.28. The van der Waals surface area contributed by atoms with Crippen molar-refractivity contribution in [2.75, 3.05) is 14.2 Å². The van der Waals surface area contributed by atoms with E-state index in [1.54, 1.807) is 32.4 Å². The molecule has 0 aromatic heterocycles. The molecule has 0 fully saturated rings. The summed E-state index contributed by atoms with van der Waals surface area (Å²) in [5.41, 5.74) is 0.785. The van der Waals surface area contributed by atoms with Crippen LogP contribution >= 0.6 is 0 Å². The van der Waals surface area contributed by atoms with Crippen molar-refractivity contribution in [3.8, 4) is 11.5 Å². The van der Waals surface area contributed by atoms with Crippen LogP contribution in [0.2, 0.25) is 0 Å². The fraction of sp³-hybridized carbons (Fsp3) is 0.385. The van der Waals surface area contributed by atoms with Crippen LogP contribution in [-0.4, -0.2) is 25.8 Å². The van der Waals surface area contributed by atoms with Gasteiger partial charge in [-0.25, -0.2) is 0 Å². The van der Waals surface area contributed by atoms with Crippen LogP contribution in [-0.2, 0) is 16.0 Å². The van der Waals surface area contributed by atoms with Gasteiger partial charge in [0.25, 0.3) is 0 Å². The molecule has 0 atom stereocenters. The Kier molecular flexibility index (Phi) is 4.69. The summed E-state index contributed by atoms with van der Waals surface area (Å²) < 4.78 is 10.2. The lowest BCUT2D eigenvalue weighted by Gasteiger charge is -2.07. The molecular weight excluding hydrogens is 220 g/mol. The van der Waals surface area contributed by atoms with E-state index in [9.17, 15) is 9.59 Å². The van der Waals surface area contributed by atoms with Crippen LogP contribution in [0.1, 0.15) is 18.9 Å². The van der Waals surface area contributed by atoms with Crippen LogP contribution in [0.4, 0.5) is 0 Å². The molecule has 0 spiro atoms. The normalized spacial score (nSPS) is 9.82. The first-order valence-electron chi connectivity index (χ1n) is 5.28. The molecule has 17 heavy (non-hydrogen) atoms. The summed E-state index contributed by atoms with van der Waals surface area (Å²) in [6, 6.07) is 5.26. The predicted octanol–water partition coefficient (Wildman–Crippen LogP) is 1.79. The Labute approximate surface area is 101 Å². The van der Waals surface area contributed by atoms with Crippen molar-refractivity contribution in [1.82, 2.24) is 0 Å². The maximum Gasteiger partial charge on any atom is 0.144 e. The molecule has 4 heteroatoms. The van der Waals surface area contributed by atoms with Crippen LogP contribution in [0, 0.1) is 0 Å². The number of carbonyl (C=O) groups excluding carboxylic acids is 2. The number of carbonyl (C=O) groups is 2. The monoisotopic (exact) mass is 236 g/mol.